The summed E-state index contributed by atoms with van der Waals surface area (Å²) in [6, 6.07) is 12.2. The average Bonchev–Trinajstić information content (AvgIpc) is 3.25. The van der Waals surface area contributed by atoms with Crippen molar-refractivity contribution in [3.05, 3.63) is 72.6 Å². The predicted molar refractivity (Wildman–Crippen MR) is 117 cm³/mol. The number of amides is 1. The number of hydrogen-bond donors (Lipinski definition) is 1. The zero-order chi connectivity index (χ0) is 23.0. The third-order valence-corrected chi connectivity index (χ3v) is 5.61. The van der Waals surface area contributed by atoms with Gasteiger partial charge in [0.15, 0.2) is 5.65 Å². The molecule has 33 heavy (non-hydrogen) atoms. The lowest BCUT2D eigenvalue weighted by atomic mass is 10.1. The van der Waals surface area contributed by atoms with Crippen molar-refractivity contribution in [2.45, 2.75) is 18.8 Å². The zero-order valence-corrected chi connectivity index (χ0v) is 17.4. The molecule has 1 fully saturated rings. The molecular formula is C23H19F3N6O. The number of carbonyl (C=O) groups is 1. The maximum absolute atomic E-state index is 13.9. The Hall–Kier alpha value is -3.95. The first-order chi connectivity index (χ1) is 15.9. The number of imidazole rings is 1. The number of alkyl halides is 2. The smallest absolute Gasteiger partial charge is 0.259 e. The molecule has 0 saturated carbocycles. The third kappa shape index (κ3) is 4.23. The summed E-state index contributed by atoms with van der Waals surface area (Å²) in [5, 5.41) is 6.96. The Kier molecular flexibility index (Phi) is 5.20. The van der Waals surface area contributed by atoms with Crippen LogP contribution in [-0.4, -0.2) is 44.5 Å². The number of aromatic nitrogens is 4. The first kappa shape index (κ1) is 20.9. The molecule has 10 heteroatoms. The molecule has 1 aliphatic heterocycles. The van der Waals surface area contributed by atoms with Crippen LogP contribution in [0.15, 0.2) is 61.1 Å². The highest BCUT2D eigenvalue weighted by atomic mass is 19.3. The molecule has 0 atom stereocenters. The highest BCUT2D eigenvalue weighted by molar-refractivity contribution is 6.09. The standard InChI is InChI=1S/C23H19F3N6O/c24-20-12-19(31-10-7-23(25,26)8-11-31)17(13-27-20)30-22(33)16-6-9-28-32-14-18(29-21(16)32)15-4-2-1-3-5-15/h1-6,9,12-14H,7-8,10-11H2,(H,30,33). The maximum atomic E-state index is 13.9. The number of nitrogens with zero attached hydrogens (tertiary/aromatic N) is 5. The topological polar surface area (TPSA) is 75.4 Å². The second-order valence-electron chi connectivity index (χ2n) is 7.83. The molecule has 0 spiro atoms. The van der Waals surface area contributed by atoms with Gasteiger partial charge in [-0.05, 0) is 6.07 Å². The van der Waals surface area contributed by atoms with Crippen LogP contribution >= 0.6 is 0 Å². The summed E-state index contributed by atoms with van der Waals surface area (Å²) in [7, 11) is 0. The fourth-order valence-corrected chi connectivity index (χ4v) is 3.86. The summed E-state index contributed by atoms with van der Waals surface area (Å²) >= 11 is 0. The van der Waals surface area contributed by atoms with Crippen molar-refractivity contribution in [2.75, 3.05) is 23.3 Å². The van der Waals surface area contributed by atoms with Crippen LogP contribution in [0.1, 0.15) is 23.2 Å². The van der Waals surface area contributed by atoms with E-state index in [0.717, 1.165) is 11.6 Å². The third-order valence-electron chi connectivity index (χ3n) is 5.61. The van der Waals surface area contributed by atoms with Crippen LogP contribution < -0.4 is 10.2 Å². The van der Waals surface area contributed by atoms with Crippen molar-refractivity contribution in [1.29, 1.82) is 0 Å². The van der Waals surface area contributed by atoms with Gasteiger partial charge in [-0.3, -0.25) is 4.79 Å². The van der Waals surface area contributed by atoms with Crippen LogP contribution in [0.5, 0.6) is 0 Å². The van der Waals surface area contributed by atoms with Gasteiger partial charge in [0.1, 0.15) is 0 Å². The van der Waals surface area contributed by atoms with Gasteiger partial charge in [0.25, 0.3) is 11.8 Å². The van der Waals surface area contributed by atoms with Gasteiger partial charge < -0.3 is 10.2 Å². The monoisotopic (exact) mass is 452 g/mol. The fourth-order valence-electron chi connectivity index (χ4n) is 3.86. The van der Waals surface area contributed by atoms with Gasteiger partial charge in [-0.2, -0.15) is 9.49 Å². The molecule has 1 saturated heterocycles. The summed E-state index contributed by atoms with van der Waals surface area (Å²) in [5.41, 5.74) is 2.68. The van der Waals surface area contributed by atoms with Crippen LogP contribution in [0.25, 0.3) is 16.9 Å². The Morgan fingerprint density at radius 3 is 2.61 bits per heavy atom. The minimum atomic E-state index is -2.74. The summed E-state index contributed by atoms with van der Waals surface area (Å²) in [5.74, 6) is -4.00. The lowest BCUT2D eigenvalue weighted by Crippen LogP contribution is -2.39. The van der Waals surface area contributed by atoms with Gasteiger partial charge in [-0.15, -0.1) is 0 Å². The van der Waals surface area contributed by atoms with Crippen molar-refractivity contribution in [1.82, 2.24) is 19.6 Å². The van der Waals surface area contributed by atoms with Gasteiger partial charge in [-0.1, -0.05) is 30.3 Å². The van der Waals surface area contributed by atoms with Gasteiger partial charge in [0.2, 0.25) is 5.95 Å². The van der Waals surface area contributed by atoms with Crippen molar-refractivity contribution in [3.63, 3.8) is 0 Å². The summed E-state index contributed by atoms with van der Waals surface area (Å²) in [6.45, 7) is 0.0824. The predicted octanol–water partition coefficient (Wildman–Crippen LogP) is 4.42. The highest BCUT2D eigenvalue weighted by Gasteiger charge is 2.35. The molecule has 3 aromatic heterocycles. The molecule has 0 radical (unpaired) electrons. The molecule has 5 rings (SSSR count). The number of benzene rings is 1. The minimum absolute atomic E-state index is 0.0412. The van der Waals surface area contributed by atoms with Crippen molar-refractivity contribution in [2.24, 2.45) is 0 Å². The number of fused-ring (bicyclic) bond motifs is 1. The molecule has 0 unspecified atom stereocenters. The van der Waals surface area contributed by atoms with E-state index >= 15 is 0 Å². The molecular weight excluding hydrogens is 433 g/mol. The Morgan fingerprint density at radius 1 is 1.09 bits per heavy atom. The van der Waals surface area contributed by atoms with E-state index in [2.05, 4.69) is 20.4 Å². The van der Waals surface area contributed by atoms with Gasteiger partial charge in [0.05, 0.1) is 35.0 Å². The molecule has 4 aromatic rings. The molecule has 1 amide bonds. The van der Waals surface area contributed by atoms with Crippen LogP contribution in [-0.2, 0) is 0 Å². The Morgan fingerprint density at radius 2 is 1.85 bits per heavy atom. The lowest BCUT2D eigenvalue weighted by Gasteiger charge is -2.34. The summed E-state index contributed by atoms with van der Waals surface area (Å²) in [4.78, 5) is 23.0. The number of rotatable bonds is 4. The van der Waals surface area contributed by atoms with E-state index in [1.807, 2.05) is 30.3 Å². The number of carbonyl (C=O) groups excluding carboxylic acids is 1. The first-order valence-corrected chi connectivity index (χ1v) is 10.4. The Labute approximate surface area is 186 Å². The average molecular weight is 452 g/mol. The van der Waals surface area contributed by atoms with Crippen LogP contribution in [0, 0.1) is 5.95 Å². The number of hydrogen-bond acceptors (Lipinski definition) is 5. The van der Waals surface area contributed by atoms with Crippen LogP contribution in [0.2, 0.25) is 0 Å². The summed E-state index contributed by atoms with van der Waals surface area (Å²) in [6.07, 6.45) is 3.71. The molecule has 1 aromatic carbocycles. The molecule has 0 aliphatic carbocycles. The lowest BCUT2D eigenvalue weighted by molar-refractivity contribution is -0.0220. The quantitative estimate of drug-likeness (QED) is 0.464. The fraction of sp³-hybridized carbons (Fsp3) is 0.217. The highest BCUT2D eigenvalue weighted by Crippen LogP contribution is 2.34. The first-order valence-electron chi connectivity index (χ1n) is 10.4. The van der Waals surface area contributed by atoms with Crippen molar-refractivity contribution >= 4 is 22.9 Å². The summed E-state index contributed by atoms with van der Waals surface area (Å²) < 4.78 is 42.5. The van der Waals surface area contributed by atoms with E-state index in [1.165, 1.54) is 23.0 Å². The van der Waals surface area contributed by atoms with Crippen LogP contribution in [0.4, 0.5) is 24.5 Å². The van der Waals surface area contributed by atoms with Gasteiger partial charge >= 0.3 is 0 Å². The SMILES string of the molecule is O=C(Nc1cnc(F)cc1N1CCC(F)(F)CC1)c1ccnn2cc(-c3ccccc3)nc12. The second kappa shape index (κ2) is 8.19. The van der Waals surface area contributed by atoms with Gasteiger partial charge in [0, 0.05) is 43.8 Å². The zero-order valence-electron chi connectivity index (χ0n) is 17.4. The molecule has 4 heterocycles. The molecule has 168 valence electrons. The van der Waals surface area contributed by atoms with E-state index in [0.29, 0.717) is 17.0 Å². The molecule has 1 aliphatic rings. The maximum Gasteiger partial charge on any atom is 0.259 e. The van der Waals surface area contributed by atoms with E-state index < -0.39 is 17.8 Å². The van der Waals surface area contributed by atoms with E-state index in [1.54, 1.807) is 11.1 Å². The number of pyridine rings is 1. The van der Waals surface area contributed by atoms with Crippen molar-refractivity contribution < 1.29 is 18.0 Å². The normalized spacial score (nSPS) is 15.5. The second-order valence-corrected chi connectivity index (χ2v) is 7.83. The number of piperidine rings is 1. The molecule has 1 N–H and O–H groups in total. The van der Waals surface area contributed by atoms with Gasteiger partial charge in [-0.25, -0.2) is 23.3 Å². The molecule has 7 nitrogen and oxygen atoms in total. The van der Waals surface area contributed by atoms with E-state index in [9.17, 15) is 18.0 Å². The molecule has 0 bridgehead atoms. The largest absolute Gasteiger partial charge is 0.369 e. The van der Waals surface area contributed by atoms with Crippen LogP contribution in [0.3, 0.4) is 0 Å². The Bertz CT molecular complexity index is 1310. The minimum Gasteiger partial charge on any atom is -0.369 e. The number of nitrogens with one attached hydrogen (secondary N) is 1. The van der Waals surface area contributed by atoms with E-state index in [-0.39, 0.29) is 37.2 Å². The number of anilines is 2. The van der Waals surface area contributed by atoms with E-state index in [4.69, 9.17) is 0 Å². The van der Waals surface area contributed by atoms with Crippen molar-refractivity contribution in [3.8, 4) is 11.3 Å². The Balaban J connectivity index is 1.45. The number of halogens is 3.